The van der Waals surface area contributed by atoms with Gasteiger partial charge < -0.3 is 20.1 Å². The van der Waals surface area contributed by atoms with E-state index in [1.807, 2.05) is 17.0 Å². The molecule has 1 fully saturated rings. The molecule has 0 spiro atoms. The van der Waals surface area contributed by atoms with Crippen molar-refractivity contribution in [3.8, 4) is 11.5 Å². The van der Waals surface area contributed by atoms with Crippen molar-refractivity contribution in [2.45, 2.75) is 12.8 Å². The van der Waals surface area contributed by atoms with Gasteiger partial charge in [-0.1, -0.05) is 12.1 Å². The third-order valence-corrected chi connectivity index (χ3v) is 5.29. The molecule has 4 amide bonds. The number of likely N-dealkylation sites (tertiary alicyclic amines) is 1. The molecule has 3 rings (SSSR count). The topological polar surface area (TPSA) is 109 Å². The lowest BCUT2D eigenvalue weighted by molar-refractivity contribution is -0.122. The van der Waals surface area contributed by atoms with E-state index in [1.54, 1.807) is 50.6 Å². The molecule has 0 unspecified atom stereocenters. The zero-order chi connectivity index (χ0) is 22.9. The Morgan fingerprint density at radius 2 is 1.62 bits per heavy atom. The largest absolute Gasteiger partial charge is 0.497 e. The number of carbonyl (C=O) groups is 3. The molecule has 9 nitrogen and oxygen atoms in total. The molecular formula is C23H28N4O5. The lowest BCUT2D eigenvalue weighted by Gasteiger charge is -2.30. The van der Waals surface area contributed by atoms with Crippen molar-refractivity contribution in [2.24, 2.45) is 5.92 Å². The molecule has 2 aromatic rings. The molecule has 0 radical (unpaired) electrons. The van der Waals surface area contributed by atoms with Crippen LogP contribution in [0.15, 0.2) is 48.5 Å². The van der Waals surface area contributed by atoms with Crippen molar-refractivity contribution in [3.63, 3.8) is 0 Å². The lowest BCUT2D eigenvalue weighted by Crippen LogP contribution is -2.45. The number of methoxy groups -OCH3 is 2. The smallest absolute Gasteiger partial charge is 0.325 e. The summed E-state index contributed by atoms with van der Waals surface area (Å²) in [6.45, 7) is 1.28. The van der Waals surface area contributed by atoms with Crippen LogP contribution in [0.2, 0.25) is 0 Å². The molecule has 1 saturated heterocycles. The number of rotatable bonds is 7. The second kappa shape index (κ2) is 11.1. The van der Waals surface area contributed by atoms with Crippen LogP contribution in [0.4, 0.5) is 16.2 Å². The van der Waals surface area contributed by atoms with Gasteiger partial charge in [-0.15, -0.1) is 0 Å². The van der Waals surface area contributed by atoms with Gasteiger partial charge in [0.1, 0.15) is 11.5 Å². The summed E-state index contributed by atoms with van der Waals surface area (Å²) >= 11 is 0. The number of hydrogen-bond donors (Lipinski definition) is 3. The van der Waals surface area contributed by atoms with E-state index in [0.29, 0.717) is 48.8 Å². The molecule has 0 aliphatic carbocycles. The first-order valence-corrected chi connectivity index (χ1v) is 10.4. The van der Waals surface area contributed by atoms with E-state index in [1.165, 1.54) is 0 Å². The first kappa shape index (κ1) is 23.1. The minimum atomic E-state index is -0.591. The molecule has 0 saturated carbocycles. The molecule has 1 aliphatic rings. The molecule has 9 heteroatoms. The van der Waals surface area contributed by atoms with Crippen LogP contribution < -0.4 is 25.4 Å². The summed E-state index contributed by atoms with van der Waals surface area (Å²) in [5.74, 6) is 0.692. The number of amides is 4. The Balaban J connectivity index is 1.40. The van der Waals surface area contributed by atoms with E-state index in [9.17, 15) is 14.4 Å². The summed E-state index contributed by atoms with van der Waals surface area (Å²) in [4.78, 5) is 38.8. The Labute approximate surface area is 187 Å². The minimum absolute atomic E-state index is 0.0579. The maximum absolute atomic E-state index is 12.6. The number of piperidine rings is 1. The molecular weight excluding hydrogens is 412 g/mol. The average Bonchev–Trinajstić information content (AvgIpc) is 2.80. The fourth-order valence-electron chi connectivity index (χ4n) is 3.54. The van der Waals surface area contributed by atoms with Crippen LogP contribution in [0.5, 0.6) is 11.5 Å². The quantitative estimate of drug-likeness (QED) is 0.611. The molecule has 0 bridgehead atoms. The standard InChI is InChI=1S/C23H28N4O5/c1-31-18-9-7-17(8-10-18)24-23(30)26-21(28)15-27-13-11-16(12-14-27)22(29)25-19-5-3-4-6-20(19)32-2/h3-10,16H,11-15H2,1-2H3,(H,25,29)(H2,24,26,28,30). The Morgan fingerprint density at radius 1 is 0.938 bits per heavy atom. The number of imide groups is 1. The Bertz CT molecular complexity index is 940. The molecule has 2 aromatic carbocycles. The summed E-state index contributed by atoms with van der Waals surface area (Å²) in [6.07, 6.45) is 1.26. The Morgan fingerprint density at radius 3 is 2.28 bits per heavy atom. The number of nitrogens with one attached hydrogen (secondary N) is 3. The third kappa shape index (κ3) is 6.45. The van der Waals surface area contributed by atoms with Gasteiger partial charge in [-0.2, -0.15) is 0 Å². The summed E-state index contributed by atoms with van der Waals surface area (Å²) < 4.78 is 10.3. The highest BCUT2D eigenvalue weighted by molar-refractivity contribution is 6.01. The van der Waals surface area contributed by atoms with E-state index >= 15 is 0 Å². The van der Waals surface area contributed by atoms with Crippen LogP contribution in [0.1, 0.15) is 12.8 Å². The molecule has 1 heterocycles. The number of nitrogens with zero attached hydrogens (tertiary/aromatic N) is 1. The zero-order valence-corrected chi connectivity index (χ0v) is 18.2. The second-order valence-corrected chi connectivity index (χ2v) is 7.47. The second-order valence-electron chi connectivity index (χ2n) is 7.47. The van der Waals surface area contributed by atoms with Crippen molar-refractivity contribution >= 4 is 29.2 Å². The van der Waals surface area contributed by atoms with Crippen LogP contribution in [-0.4, -0.2) is 56.6 Å². The van der Waals surface area contributed by atoms with Crippen molar-refractivity contribution < 1.29 is 23.9 Å². The zero-order valence-electron chi connectivity index (χ0n) is 18.2. The Kier molecular flexibility index (Phi) is 8.04. The number of carbonyl (C=O) groups excluding carboxylic acids is 3. The predicted octanol–water partition coefficient (Wildman–Crippen LogP) is 2.70. The average molecular weight is 441 g/mol. The van der Waals surface area contributed by atoms with Crippen molar-refractivity contribution in [1.82, 2.24) is 10.2 Å². The van der Waals surface area contributed by atoms with E-state index in [0.717, 1.165) is 0 Å². The molecule has 0 aromatic heterocycles. The highest BCUT2D eigenvalue weighted by atomic mass is 16.5. The first-order chi connectivity index (χ1) is 15.5. The fraction of sp³-hybridized carbons (Fsp3) is 0.348. The number of ether oxygens (including phenoxy) is 2. The van der Waals surface area contributed by atoms with Gasteiger partial charge in [-0.3, -0.25) is 19.8 Å². The van der Waals surface area contributed by atoms with Crippen LogP contribution in [0.25, 0.3) is 0 Å². The predicted molar refractivity (Wildman–Crippen MR) is 121 cm³/mol. The van der Waals surface area contributed by atoms with Crippen LogP contribution >= 0.6 is 0 Å². The lowest BCUT2D eigenvalue weighted by atomic mass is 9.95. The third-order valence-electron chi connectivity index (χ3n) is 5.29. The van der Waals surface area contributed by atoms with Gasteiger partial charge in [0.05, 0.1) is 26.5 Å². The minimum Gasteiger partial charge on any atom is -0.497 e. The summed E-state index contributed by atoms with van der Waals surface area (Å²) in [7, 11) is 3.12. The maximum atomic E-state index is 12.6. The van der Waals surface area contributed by atoms with Gasteiger partial charge in [-0.25, -0.2) is 4.79 Å². The van der Waals surface area contributed by atoms with Gasteiger partial charge in [0.25, 0.3) is 0 Å². The van der Waals surface area contributed by atoms with Crippen LogP contribution in [0.3, 0.4) is 0 Å². The van der Waals surface area contributed by atoms with Gasteiger partial charge in [0, 0.05) is 11.6 Å². The van der Waals surface area contributed by atoms with Crippen molar-refractivity contribution in [2.75, 3.05) is 44.5 Å². The SMILES string of the molecule is COc1ccc(NC(=O)NC(=O)CN2CCC(C(=O)Nc3ccccc3OC)CC2)cc1. The highest BCUT2D eigenvalue weighted by Gasteiger charge is 2.26. The number of anilines is 2. The van der Waals surface area contributed by atoms with E-state index in [4.69, 9.17) is 9.47 Å². The van der Waals surface area contributed by atoms with Gasteiger partial charge in [-0.05, 0) is 62.3 Å². The molecule has 0 atom stereocenters. The molecule has 3 N–H and O–H groups in total. The maximum Gasteiger partial charge on any atom is 0.325 e. The number of hydrogen-bond acceptors (Lipinski definition) is 6. The van der Waals surface area contributed by atoms with E-state index in [2.05, 4.69) is 16.0 Å². The summed E-state index contributed by atoms with van der Waals surface area (Å²) in [5.41, 5.74) is 1.20. The Hall–Kier alpha value is -3.59. The number of para-hydroxylation sites is 2. The highest BCUT2D eigenvalue weighted by Crippen LogP contribution is 2.25. The monoisotopic (exact) mass is 440 g/mol. The van der Waals surface area contributed by atoms with Gasteiger partial charge in [0.15, 0.2) is 0 Å². The number of urea groups is 1. The van der Waals surface area contributed by atoms with E-state index < -0.39 is 11.9 Å². The molecule has 32 heavy (non-hydrogen) atoms. The van der Waals surface area contributed by atoms with Gasteiger partial charge >= 0.3 is 6.03 Å². The van der Waals surface area contributed by atoms with Crippen molar-refractivity contribution in [1.29, 1.82) is 0 Å². The number of benzene rings is 2. The van der Waals surface area contributed by atoms with Gasteiger partial charge in [0.2, 0.25) is 11.8 Å². The first-order valence-electron chi connectivity index (χ1n) is 10.4. The summed E-state index contributed by atoms with van der Waals surface area (Å²) in [5, 5.41) is 7.86. The molecule has 1 aliphatic heterocycles. The van der Waals surface area contributed by atoms with Crippen LogP contribution in [0, 0.1) is 5.92 Å². The summed E-state index contributed by atoms with van der Waals surface area (Å²) in [6, 6.07) is 13.5. The fourth-order valence-corrected chi connectivity index (χ4v) is 3.54. The van der Waals surface area contributed by atoms with Crippen LogP contribution in [-0.2, 0) is 9.59 Å². The van der Waals surface area contributed by atoms with Crippen molar-refractivity contribution in [3.05, 3.63) is 48.5 Å². The molecule has 170 valence electrons. The normalized spacial score (nSPS) is 14.3. The van der Waals surface area contributed by atoms with E-state index in [-0.39, 0.29) is 18.4 Å².